The van der Waals surface area contributed by atoms with Crippen LogP contribution in [0.25, 0.3) is 0 Å². The normalized spacial score (nSPS) is 10.1. The lowest BCUT2D eigenvalue weighted by Crippen LogP contribution is -2.17. The molecule has 0 fully saturated rings. The summed E-state index contributed by atoms with van der Waals surface area (Å²) in [7, 11) is 0. The van der Waals surface area contributed by atoms with E-state index >= 15 is 0 Å². The molecule has 8 heteroatoms. The van der Waals surface area contributed by atoms with Crippen LogP contribution in [0, 0.1) is 0 Å². The van der Waals surface area contributed by atoms with Gasteiger partial charge in [0.1, 0.15) is 6.20 Å². The van der Waals surface area contributed by atoms with Gasteiger partial charge in [-0.25, -0.2) is 0 Å². The molecular formula is C8H5ClN4O2S. The predicted molar refractivity (Wildman–Crippen MR) is 59.9 cm³/mol. The third kappa shape index (κ3) is 2.44. The van der Waals surface area contributed by atoms with Gasteiger partial charge in [-0.1, -0.05) is 11.6 Å². The van der Waals surface area contributed by atoms with Crippen LogP contribution in [0.2, 0.25) is 4.34 Å². The standard InChI is InChI=1S/C8H5ClN4O2S/c9-5-2-1-4(16-5)7(15)12-8-11-6(14)3-10-13-8/h1-3H,(H2,11,12,13,14,15). The second kappa shape index (κ2) is 4.42. The van der Waals surface area contributed by atoms with E-state index in [2.05, 4.69) is 20.5 Å². The Balaban J connectivity index is 2.17. The van der Waals surface area contributed by atoms with Crippen molar-refractivity contribution in [2.45, 2.75) is 0 Å². The van der Waals surface area contributed by atoms with E-state index in [0.29, 0.717) is 9.21 Å². The molecule has 0 atom stereocenters. The Labute approximate surface area is 98.3 Å². The molecule has 0 aliphatic rings. The Morgan fingerprint density at radius 2 is 2.31 bits per heavy atom. The molecule has 0 unspecified atom stereocenters. The minimum atomic E-state index is -0.436. The van der Waals surface area contributed by atoms with E-state index in [0.717, 1.165) is 17.5 Å². The summed E-state index contributed by atoms with van der Waals surface area (Å²) in [5.74, 6) is -0.393. The Bertz CT molecular complexity index is 579. The SMILES string of the molecule is O=C(Nc1nncc(=O)[nH]1)c1ccc(Cl)s1. The van der Waals surface area contributed by atoms with E-state index in [-0.39, 0.29) is 5.95 Å². The van der Waals surface area contributed by atoms with Crippen LogP contribution in [0.5, 0.6) is 0 Å². The Morgan fingerprint density at radius 1 is 1.50 bits per heavy atom. The maximum atomic E-state index is 11.6. The van der Waals surface area contributed by atoms with Gasteiger partial charge in [0, 0.05) is 0 Å². The number of hydrogen-bond acceptors (Lipinski definition) is 5. The second-order valence-corrected chi connectivity index (χ2v) is 4.46. The molecule has 0 spiro atoms. The molecule has 0 aromatic carbocycles. The zero-order valence-corrected chi connectivity index (χ0v) is 9.30. The molecule has 0 saturated carbocycles. The molecule has 2 N–H and O–H groups in total. The van der Waals surface area contributed by atoms with Crippen molar-refractivity contribution in [3.8, 4) is 0 Å². The first-order chi connectivity index (χ1) is 7.65. The Morgan fingerprint density at radius 3 is 2.94 bits per heavy atom. The molecule has 0 aliphatic heterocycles. The van der Waals surface area contributed by atoms with E-state index in [4.69, 9.17) is 11.6 Å². The van der Waals surface area contributed by atoms with Crippen LogP contribution in [-0.2, 0) is 0 Å². The monoisotopic (exact) mass is 256 g/mol. The van der Waals surface area contributed by atoms with Gasteiger partial charge in [0.15, 0.2) is 0 Å². The number of hydrogen-bond donors (Lipinski definition) is 2. The van der Waals surface area contributed by atoms with E-state index in [1.807, 2.05) is 0 Å². The molecule has 82 valence electrons. The van der Waals surface area contributed by atoms with Gasteiger partial charge in [0.2, 0.25) is 5.95 Å². The van der Waals surface area contributed by atoms with E-state index in [1.165, 1.54) is 0 Å². The Hall–Kier alpha value is -1.73. The molecule has 0 aliphatic carbocycles. The largest absolute Gasteiger partial charge is 0.290 e. The number of thiophene rings is 1. The minimum Gasteiger partial charge on any atom is -0.290 e. The van der Waals surface area contributed by atoms with Crippen LogP contribution in [0.15, 0.2) is 23.1 Å². The van der Waals surface area contributed by atoms with Crippen LogP contribution in [0.3, 0.4) is 0 Å². The molecule has 16 heavy (non-hydrogen) atoms. The minimum absolute atomic E-state index is 0.00187. The summed E-state index contributed by atoms with van der Waals surface area (Å²) in [4.78, 5) is 25.2. The molecule has 2 rings (SSSR count). The topological polar surface area (TPSA) is 87.7 Å². The second-order valence-electron chi connectivity index (χ2n) is 2.74. The van der Waals surface area contributed by atoms with Crippen molar-refractivity contribution >= 4 is 34.8 Å². The van der Waals surface area contributed by atoms with Gasteiger partial charge in [-0.05, 0) is 12.1 Å². The fraction of sp³-hybridized carbons (Fsp3) is 0. The maximum Gasteiger partial charge on any atom is 0.271 e. The quantitative estimate of drug-likeness (QED) is 0.843. The van der Waals surface area contributed by atoms with Crippen molar-refractivity contribution in [2.75, 3.05) is 5.32 Å². The number of H-pyrrole nitrogens is 1. The van der Waals surface area contributed by atoms with Crippen LogP contribution in [0.4, 0.5) is 5.95 Å². The predicted octanol–water partition coefficient (Wildman–Crippen LogP) is 1.13. The number of anilines is 1. The van der Waals surface area contributed by atoms with E-state index in [9.17, 15) is 9.59 Å². The van der Waals surface area contributed by atoms with Crippen molar-refractivity contribution in [1.29, 1.82) is 0 Å². The summed E-state index contributed by atoms with van der Waals surface area (Å²) >= 11 is 6.82. The van der Waals surface area contributed by atoms with Crippen molar-refractivity contribution < 1.29 is 4.79 Å². The first-order valence-electron chi connectivity index (χ1n) is 4.14. The lowest BCUT2D eigenvalue weighted by atomic mass is 10.4. The van der Waals surface area contributed by atoms with Gasteiger partial charge in [0.25, 0.3) is 11.5 Å². The average molecular weight is 257 g/mol. The van der Waals surface area contributed by atoms with Gasteiger partial charge >= 0.3 is 0 Å². The van der Waals surface area contributed by atoms with Crippen molar-refractivity contribution in [3.05, 3.63) is 37.9 Å². The first kappa shape index (κ1) is 10.8. The average Bonchev–Trinajstić information content (AvgIpc) is 2.65. The highest BCUT2D eigenvalue weighted by Gasteiger charge is 2.09. The van der Waals surface area contributed by atoms with Crippen molar-refractivity contribution in [2.24, 2.45) is 0 Å². The van der Waals surface area contributed by atoms with Crippen LogP contribution in [-0.4, -0.2) is 21.1 Å². The summed E-state index contributed by atoms with van der Waals surface area (Å²) in [6.45, 7) is 0. The number of halogens is 1. The van der Waals surface area contributed by atoms with Crippen molar-refractivity contribution in [3.63, 3.8) is 0 Å². The first-order valence-corrected chi connectivity index (χ1v) is 5.33. The highest BCUT2D eigenvalue weighted by molar-refractivity contribution is 7.18. The number of nitrogens with one attached hydrogen (secondary N) is 2. The zero-order chi connectivity index (χ0) is 11.5. The number of aromatic nitrogens is 3. The smallest absolute Gasteiger partial charge is 0.271 e. The summed E-state index contributed by atoms with van der Waals surface area (Å²) in [6, 6.07) is 3.19. The van der Waals surface area contributed by atoms with Gasteiger partial charge in [-0.2, -0.15) is 0 Å². The maximum absolute atomic E-state index is 11.6. The molecule has 0 radical (unpaired) electrons. The molecule has 1 amide bonds. The number of aromatic amines is 1. The van der Waals surface area contributed by atoms with Crippen LogP contribution < -0.4 is 10.9 Å². The molecule has 6 nitrogen and oxygen atoms in total. The van der Waals surface area contributed by atoms with Gasteiger partial charge < -0.3 is 0 Å². The molecule has 0 bridgehead atoms. The summed E-state index contributed by atoms with van der Waals surface area (Å²) in [5, 5.41) is 9.35. The summed E-state index contributed by atoms with van der Waals surface area (Å²) in [6.07, 6.45) is 1.01. The fourth-order valence-corrected chi connectivity index (χ4v) is 1.91. The highest BCUT2D eigenvalue weighted by Crippen LogP contribution is 2.21. The van der Waals surface area contributed by atoms with Crippen molar-refractivity contribution in [1.82, 2.24) is 15.2 Å². The third-order valence-corrected chi connectivity index (χ3v) is 2.83. The zero-order valence-electron chi connectivity index (χ0n) is 7.73. The Kier molecular flexibility index (Phi) is 2.97. The summed E-state index contributed by atoms with van der Waals surface area (Å²) in [5.41, 5.74) is -0.436. The van der Waals surface area contributed by atoms with Gasteiger partial charge in [0.05, 0.1) is 9.21 Å². The van der Waals surface area contributed by atoms with E-state index < -0.39 is 11.5 Å². The number of rotatable bonds is 2. The lowest BCUT2D eigenvalue weighted by molar-refractivity contribution is 0.102. The summed E-state index contributed by atoms with van der Waals surface area (Å²) < 4.78 is 0.512. The van der Waals surface area contributed by atoms with Gasteiger partial charge in [-0.15, -0.1) is 21.5 Å². The lowest BCUT2D eigenvalue weighted by Gasteiger charge is -1.99. The molecule has 0 saturated heterocycles. The fourth-order valence-electron chi connectivity index (χ4n) is 0.975. The highest BCUT2D eigenvalue weighted by atomic mass is 35.5. The number of carbonyl (C=O) groups excluding carboxylic acids is 1. The molecule has 2 heterocycles. The molecular weight excluding hydrogens is 252 g/mol. The number of amides is 1. The van der Waals surface area contributed by atoms with Crippen LogP contribution >= 0.6 is 22.9 Å². The van der Waals surface area contributed by atoms with E-state index in [1.54, 1.807) is 12.1 Å². The number of carbonyl (C=O) groups is 1. The van der Waals surface area contributed by atoms with Crippen LogP contribution in [0.1, 0.15) is 9.67 Å². The van der Waals surface area contributed by atoms with Gasteiger partial charge in [-0.3, -0.25) is 19.9 Å². The third-order valence-electron chi connectivity index (χ3n) is 1.60. The molecule has 2 aromatic rings. The number of nitrogens with zero attached hydrogens (tertiary/aromatic N) is 2. The molecule has 2 aromatic heterocycles.